The molecule has 0 N–H and O–H groups in total. The largest absolute Gasteiger partial charge is 0.472 e. The summed E-state index contributed by atoms with van der Waals surface area (Å²) in [7, 11) is 0. The molecule has 0 bridgehead atoms. The highest BCUT2D eigenvalue weighted by molar-refractivity contribution is 5.83. The quantitative estimate of drug-likeness (QED) is 0.716. The molecule has 3 aliphatic rings. The summed E-state index contributed by atoms with van der Waals surface area (Å²) >= 11 is 0. The van der Waals surface area contributed by atoms with Gasteiger partial charge in [-0.1, -0.05) is 20.8 Å². The molecule has 4 rings (SSSR count). The summed E-state index contributed by atoms with van der Waals surface area (Å²) in [4.78, 5) is 37.6. The molecule has 1 aromatic rings. The van der Waals surface area contributed by atoms with E-state index in [-0.39, 0.29) is 34.9 Å². The van der Waals surface area contributed by atoms with E-state index in [1.165, 1.54) is 19.5 Å². The van der Waals surface area contributed by atoms with Gasteiger partial charge in [-0.05, 0) is 36.7 Å². The van der Waals surface area contributed by atoms with Gasteiger partial charge in [-0.25, -0.2) is 0 Å². The topological polar surface area (TPSA) is 82.8 Å². The van der Waals surface area contributed by atoms with E-state index in [4.69, 9.17) is 13.9 Å². The Labute approximate surface area is 164 Å². The van der Waals surface area contributed by atoms with Gasteiger partial charge in [0.1, 0.15) is 11.9 Å². The first-order chi connectivity index (χ1) is 13.2. The van der Waals surface area contributed by atoms with Gasteiger partial charge in [0, 0.05) is 30.2 Å². The lowest BCUT2D eigenvalue weighted by Gasteiger charge is -2.62. The van der Waals surface area contributed by atoms with Crippen molar-refractivity contribution in [2.45, 2.75) is 65.6 Å². The summed E-state index contributed by atoms with van der Waals surface area (Å²) < 4.78 is 16.9. The number of furan rings is 1. The normalized spacial score (nSPS) is 42.9. The molecule has 0 spiro atoms. The zero-order chi connectivity index (χ0) is 20.3. The zero-order valence-corrected chi connectivity index (χ0v) is 16.9. The molecule has 1 saturated heterocycles. The highest BCUT2D eigenvalue weighted by Crippen LogP contribution is 2.65. The maximum atomic E-state index is 13.0. The van der Waals surface area contributed by atoms with E-state index in [1.807, 2.05) is 6.92 Å². The maximum absolute atomic E-state index is 13.0. The van der Waals surface area contributed by atoms with Crippen LogP contribution in [0.1, 0.15) is 65.0 Å². The van der Waals surface area contributed by atoms with Crippen molar-refractivity contribution in [2.24, 2.45) is 28.6 Å². The lowest BCUT2D eigenvalue weighted by molar-refractivity contribution is -0.243. The molecule has 2 saturated carbocycles. The summed E-state index contributed by atoms with van der Waals surface area (Å²) in [5.41, 5.74) is -0.144. The number of fused-ring (bicyclic) bond motifs is 3. The van der Waals surface area contributed by atoms with Crippen LogP contribution in [-0.4, -0.2) is 23.8 Å². The zero-order valence-electron chi connectivity index (χ0n) is 16.9. The second-order valence-corrected chi connectivity index (χ2v) is 9.19. The van der Waals surface area contributed by atoms with Crippen molar-refractivity contribution in [2.75, 3.05) is 0 Å². The van der Waals surface area contributed by atoms with Crippen LogP contribution in [-0.2, 0) is 23.9 Å². The van der Waals surface area contributed by atoms with Gasteiger partial charge >= 0.3 is 11.9 Å². The van der Waals surface area contributed by atoms with Gasteiger partial charge in [0.25, 0.3) is 0 Å². The Morgan fingerprint density at radius 1 is 1.25 bits per heavy atom. The minimum absolute atomic E-state index is 0.0766. The van der Waals surface area contributed by atoms with Crippen LogP contribution < -0.4 is 0 Å². The van der Waals surface area contributed by atoms with Gasteiger partial charge in [-0.15, -0.1) is 0 Å². The fourth-order valence-electron chi connectivity index (χ4n) is 6.33. The van der Waals surface area contributed by atoms with Gasteiger partial charge in [0.05, 0.1) is 18.4 Å². The Balaban J connectivity index is 1.84. The molecule has 7 atom stereocenters. The Kier molecular flexibility index (Phi) is 4.43. The average Bonchev–Trinajstić information content (AvgIpc) is 3.15. The van der Waals surface area contributed by atoms with Gasteiger partial charge in [-0.3, -0.25) is 14.4 Å². The molecule has 1 aliphatic heterocycles. The van der Waals surface area contributed by atoms with Gasteiger partial charge < -0.3 is 13.9 Å². The summed E-state index contributed by atoms with van der Waals surface area (Å²) in [6.45, 7) is 7.62. The Hall–Kier alpha value is -2.11. The molecule has 0 radical (unpaired) electrons. The number of hydrogen-bond acceptors (Lipinski definition) is 6. The Bertz CT molecular complexity index is 798. The van der Waals surface area contributed by atoms with E-state index in [1.54, 1.807) is 6.07 Å². The molecule has 152 valence electrons. The number of Topliss-reactive ketones (excluding diaryl/α,β-unsaturated/α-hetero) is 1. The predicted octanol–water partition coefficient (Wildman–Crippen LogP) is 3.85. The van der Waals surface area contributed by atoms with Crippen LogP contribution in [0.5, 0.6) is 0 Å². The molecule has 6 heteroatoms. The third-order valence-corrected chi connectivity index (χ3v) is 8.00. The van der Waals surface area contributed by atoms with E-state index in [0.717, 1.165) is 6.42 Å². The summed E-state index contributed by atoms with van der Waals surface area (Å²) in [6, 6.07) is 1.74. The van der Waals surface area contributed by atoms with Crippen LogP contribution in [0.2, 0.25) is 0 Å². The highest BCUT2D eigenvalue weighted by Gasteiger charge is 2.67. The van der Waals surface area contributed by atoms with Crippen molar-refractivity contribution < 1.29 is 28.3 Å². The van der Waals surface area contributed by atoms with Crippen LogP contribution in [0.4, 0.5) is 0 Å². The minimum Gasteiger partial charge on any atom is -0.472 e. The standard InChI is InChI=1S/C22H28O6/c1-12-16(24)5-6-17-21(12,3)9-7-15-20(25)28-18(14-8-10-26-11-14)19(22(15,17)4)27-13(2)23/h8,10-12,15,17-19H,5-7,9H2,1-4H3/t12?,15-,17-,18+,19+,21-,22-/m0/s1. The maximum Gasteiger partial charge on any atom is 0.310 e. The number of ketones is 1. The van der Waals surface area contributed by atoms with E-state index in [9.17, 15) is 14.4 Å². The molecule has 6 nitrogen and oxygen atoms in total. The molecule has 28 heavy (non-hydrogen) atoms. The molecule has 1 unspecified atom stereocenters. The van der Waals surface area contributed by atoms with Crippen molar-refractivity contribution >= 4 is 17.7 Å². The lowest BCUT2D eigenvalue weighted by atomic mass is 9.43. The SMILES string of the molecule is CC(=O)O[C@@H]1[C@@H](c2ccoc2)OC(=O)[C@@H]2CC[C@@]3(C)C(C)C(=O)CC[C@@H]3[C@@]12C. The summed E-state index contributed by atoms with van der Waals surface area (Å²) in [5, 5.41) is 0. The van der Waals surface area contributed by atoms with E-state index >= 15 is 0 Å². The summed E-state index contributed by atoms with van der Waals surface area (Å²) in [6.07, 6.45) is 4.38. The predicted molar refractivity (Wildman–Crippen MR) is 98.9 cm³/mol. The first-order valence-corrected chi connectivity index (χ1v) is 10.1. The molecular formula is C22H28O6. The van der Waals surface area contributed by atoms with Crippen molar-refractivity contribution in [1.82, 2.24) is 0 Å². The second-order valence-electron chi connectivity index (χ2n) is 9.19. The fourth-order valence-corrected chi connectivity index (χ4v) is 6.33. The number of carbonyl (C=O) groups excluding carboxylic acids is 3. The molecule has 2 aliphatic carbocycles. The van der Waals surface area contributed by atoms with Crippen LogP contribution in [0.25, 0.3) is 0 Å². The molecule has 1 aromatic heterocycles. The Morgan fingerprint density at radius 2 is 2.00 bits per heavy atom. The highest BCUT2D eigenvalue weighted by atomic mass is 16.6. The number of ether oxygens (including phenoxy) is 2. The second kappa shape index (κ2) is 6.46. The first kappa shape index (κ1) is 19.2. The average molecular weight is 388 g/mol. The molecular weight excluding hydrogens is 360 g/mol. The van der Waals surface area contributed by atoms with Crippen LogP contribution in [0, 0.1) is 28.6 Å². The van der Waals surface area contributed by atoms with Crippen LogP contribution in [0.15, 0.2) is 23.0 Å². The van der Waals surface area contributed by atoms with Crippen molar-refractivity contribution in [3.05, 3.63) is 24.2 Å². The molecule has 0 aromatic carbocycles. The fraction of sp³-hybridized carbons (Fsp3) is 0.682. The third kappa shape index (κ3) is 2.56. The molecule has 0 amide bonds. The number of cyclic esters (lactones) is 1. The Morgan fingerprint density at radius 3 is 2.64 bits per heavy atom. The lowest BCUT2D eigenvalue weighted by Crippen LogP contribution is -2.65. The van der Waals surface area contributed by atoms with Crippen molar-refractivity contribution in [1.29, 1.82) is 0 Å². The number of esters is 2. The minimum atomic E-state index is -0.702. The van der Waals surface area contributed by atoms with Gasteiger partial charge in [0.15, 0.2) is 6.10 Å². The van der Waals surface area contributed by atoms with Gasteiger partial charge in [0.2, 0.25) is 0 Å². The van der Waals surface area contributed by atoms with Gasteiger partial charge in [-0.2, -0.15) is 0 Å². The van der Waals surface area contributed by atoms with Crippen LogP contribution >= 0.6 is 0 Å². The number of hydrogen-bond donors (Lipinski definition) is 0. The number of carbonyl (C=O) groups is 3. The third-order valence-electron chi connectivity index (χ3n) is 8.00. The monoisotopic (exact) mass is 388 g/mol. The molecule has 3 fully saturated rings. The van der Waals surface area contributed by atoms with Crippen molar-refractivity contribution in [3.63, 3.8) is 0 Å². The van der Waals surface area contributed by atoms with E-state index in [0.29, 0.717) is 24.8 Å². The van der Waals surface area contributed by atoms with Crippen molar-refractivity contribution in [3.8, 4) is 0 Å². The first-order valence-electron chi connectivity index (χ1n) is 10.1. The van der Waals surface area contributed by atoms with E-state index in [2.05, 4.69) is 13.8 Å². The number of rotatable bonds is 2. The summed E-state index contributed by atoms with van der Waals surface area (Å²) in [5.74, 6) is -0.703. The molecule has 2 heterocycles. The smallest absolute Gasteiger partial charge is 0.310 e. The van der Waals surface area contributed by atoms with E-state index < -0.39 is 23.6 Å². The van der Waals surface area contributed by atoms with Crippen LogP contribution in [0.3, 0.4) is 0 Å².